The fraction of sp³-hybridized carbons (Fsp3) is 0.714. The van der Waals surface area contributed by atoms with Crippen molar-refractivity contribution in [2.24, 2.45) is 5.92 Å². The number of piperidine rings is 1. The molecule has 0 radical (unpaired) electrons. The van der Waals surface area contributed by atoms with Crippen LogP contribution in [-0.4, -0.2) is 58.4 Å². The molecule has 0 spiro atoms. The highest BCUT2D eigenvalue weighted by molar-refractivity contribution is 7.71. The highest BCUT2D eigenvalue weighted by atomic mass is 32.1. The summed E-state index contributed by atoms with van der Waals surface area (Å²) in [6, 6.07) is -0.157. The Morgan fingerprint density at radius 2 is 2.30 bits per heavy atom. The standard InChI is InChI=1S/C14H23N5O3S/c1-3-19-11(16-17-14(19)23)6-7-15-13(21)18-8-4-5-10(9-18)12(20)22-2/h10H,3-9H2,1-2H3,(H,15,21)(H,17,23)/t10-/m1/s1. The summed E-state index contributed by atoms with van der Waals surface area (Å²) in [6.07, 6.45) is 2.17. The number of nitrogens with one attached hydrogen (secondary N) is 2. The van der Waals surface area contributed by atoms with Gasteiger partial charge in [0, 0.05) is 32.6 Å². The number of esters is 1. The summed E-state index contributed by atoms with van der Waals surface area (Å²) in [7, 11) is 1.38. The number of urea groups is 1. The van der Waals surface area contributed by atoms with Crippen molar-refractivity contribution in [3.8, 4) is 0 Å². The average Bonchev–Trinajstić information content (AvgIpc) is 2.93. The molecule has 0 bridgehead atoms. The number of aromatic nitrogens is 3. The van der Waals surface area contributed by atoms with Crippen molar-refractivity contribution in [3.05, 3.63) is 10.6 Å². The van der Waals surface area contributed by atoms with Gasteiger partial charge >= 0.3 is 12.0 Å². The van der Waals surface area contributed by atoms with Gasteiger partial charge in [0.2, 0.25) is 0 Å². The zero-order valence-electron chi connectivity index (χ0n) is 13.5. The molecule has 0 unspecified atom stereocenters. The van der Waals surface area contributed by atoms with E-state index in [1.165, 1.54) is 7.11 Å². The second-order valence-corrected chi connectivity index (χ2v) is 5.87. The summed E-state index contributed by atoms with van der Waals surface area (Å²) >= 11 is 5.13. The summed E-state index contributed by atoms with van der Waals surface area (Å²) in [5, 5.41) is 9.79. The lowest BCUT2D eigenvalue weighted by Crippen LogP contribution is -2.47. The van der Waals surface area contributed by atoms with Crippen molar-refractivity contribution in [2.45, 2.75) is 32.7 Å². The number of rotatable bonds is 5. The van der Waals surface area contributed by atoms with Crippen LogP contribution in [-0.2, 0) is 22.5 Å². The SMILES string of the molecule is CCn1c(CCNC(=O)N2CCC[C@@H](C(=O)OC)C2)n[nH]c1=S. The van der Waals surface area contributed by atoms with Gasteiger partial charge in [0.15, 0.2) is 4.77 Å². The van der Waals surface area contributed by atoms with Crippen LogP contribution in [0.5, 0.6) is 0 Å². The van der Waals surface area contributed by atoms with Crippen molar-refractivity contribution in [1.82, 2.24) is 25.0 Å². The van der Waals surface area contributed by atoms with Crippen LogP contribution < -0.4 is 5.32 Å². The molecular weight excluding hydrogens is 318 g/mol. The van der Waals surface area contributed by atoms with Gasteiger partial charge < -0.3 is 19.5 Å². The first-order chi connectivity index (χ1) is 11.1. The van der Waals surface area contributed by atoms with Gasteiger partial charge in [0.05, 0.1) is 13.0 Å². The molecule has 2 amide bonds. The van der Waals surface area contributed by atoms with Crippen LogP contribution in [0.4, 0.5) is 4.79 Å². The van der Waals surface area contributed by atoms with Crippen LogP contribution in [0.3, 0.4) is 0 Å². The lowest BCUT2D eigenvalue weighted by Gasteiger charge is -2.31. The molecule has 23 heavy (non-hydrogen) atoms. The van der Waals surface area contributed by atoms with Gasteiger partial charge in [-0.05, 0) is 32.0 Å². The van der Waals surface area contributed by atoms with Gasteiger partial charge in [-0.25, -0.2) is 4.79 Å². The minimum Gasteiger partial charge on any atom is -0.469 e. The number of ether oxygens (including phenoxy) is 1. The first-order valence-electron chi connectivity index (χ1n) is 7.81. The monoisotopic (exact) mass is 341 g/mol. The number of likely N-dealkylation sites (tertiary alicyclic amines) is 1. The molecule has 1 saturated heterocycles. The van der Waals surface area contributed by atoms with Crippen LogP contribution >= 0.6 is 12.2 Å². The highest BCUT2D eigenvalue weighted by Gasteiger charge is 2.28. The maximum atomic E-state index is 12.2. The Bertz CT molecular complexity index is 612. The average molecular weight is 341 g/mol. The molecule has 1 fully saturated rings. The fourth-order valence-electron chi connectivity index (χ4n) is 2.78. The molecule has 0 saturated carbocycles. The molecule has 1 aromatic rings. The van der Waals surface area contributed by atoms with Crippen LogP contribution in [0.2, 0.25) is 0 Å². The predicted octanol–water partition coefficient (Wildman–Crippen LogP) is 1.10. The molecule has 1 atom stereocenters. The lowest BCUT2D eigenvalue weighted by atomic mass is 9.98. The quantitative estimate of drug-likeness (QED) is 0.618. The van der Waals surface area contributed by atoms with E-state index in [4.69, 9.17) is 17.0 Å². The van der Waals surface area contributed by atoms with E-state index in [0.29, 0.717) is 30.8 Å². The summed E-state index contributed by atoms with van der Waals surface area (Å²) in [4.78, 5) is 25.5. The van der Waals surface area contributed by atoms with E-state index in [1.807, 2.05) is 11.5 Å². The number of carbonyl (C=O) groups is 2. The van der Waals surface area contributed by atoms with E-state index in [2.05, 4.69) is 15.5 Å². The summed E-state index contributed by atoms with van der Waals surface area (Å²) in [6.45, 7) is 4.27. The highest BCUT2D eigenvalue weighted by Crippen LogP contribution is 2.17. The summed E-state index contributed by atoms with van der Waals surface area (Å²) in [5.41, 5.74) is 0. The lowest BCUT2D eigenvalue weighted by molar-refractivity contribution is -0.146. The molecule has 8 nitrogen and oxygen atoms in total. The normalized spacial score (nSPS) is 17.8. The van der Waals surface area contributed by atoms with Crippen molar-refractivity contribution < 1.29 is 14.3 Å². The second kappa shape index (κ2) is 8.09. The first kappa shape index (κ1) is 17.5. The third kappa shape index (κ3) is 4.31. The van der Waals surface area contributed by atoms with E-state index in [1.54, 1.807) is 4.90 Å². The van der Waals surface area contributed by atoms with Gasteiger partial charge in [-0.3, -0.25) is 9.89 Å². The number of hydrogen-bond acceptors (Lipinski definition) is 5. The smallest absolute Gasteiger partial charge is 0.317 e. The van der Waals surface area contributed by atoms with E-state index in [-0.39, 0.29) is 17.9 Å². The summed E-state index contributed by atoms with van der Waals surface area (Å²) in [5.74, 6) is 0.348. The maximum absolute atomic E-state index is 12.2. The molecule has 2 N–H and O–H groups in total. The third-order valence-corrected chi connectivity index (χ3v) is 4.33. The molecule has 1 aliphatic rings. The topological polar surface area (TPSA) is 92.2 Å². The molecule has 1 aromatic heterocycles. The Morgan fingerprint density at radius 1 is 1.52 bits per heavy atom. The zero-order chi connectivity index (χ0) is 16.8. The van der Waals surface area contributed by atoms with Gasteiger partial charge in [-0.15, -0.1) is 0 Å². The minimum atomic E-state index is -0.249. The van der Waals surface area contributed by atoms with Crippen molar-refractivity contribution in [1.29, 1.82) is 0 Å². The van der Waals surface area contributed by atoms with Crippen molar-refractivity contribution >= 4 is 24.2 Å². The molecule has 2 heterocycles. The number of aromatic amines is 1. The fourth-order valence-corrected chi connectivity index (χ4v) is 3.06. The summed E-state index contributed by atoms with van der Waals surface area (Å²) < 4.78 is 7.25. The Balaban J connectivity index is 1.82. The van der Waals surface area contributed by atoms with Gasteiger partial charge in [0.25, 0.3) is 0 Å². The number of hydrogen-bond donors (Lipinski definition) is 2. The molecular formula is C14H23N5O3S. The number of nitrogens with zero attached hydrogens (tertiary/aromatic N) is 3. The van der Waals surface area contributed by atoms with Gasteiger partial charge in [-0.1, -0.05) is 0 Å². The minimum absolute atomic E-state index is 0.157. The largest absolute Gasteiger partial charge is 0.469 e. The van der Waals surface area contributed by atoms with Gasteiger partial charge in [-0.2, -0.15) is 5.10 Å². The molecule has 128 valence electrons. The van der Waals surface area contributed by atoms with Gasteiger partial charge in [0.1, 0.15) is 5.82 Å². The number of carbonyl (C=O) groups excluding carboxylic acids is 2. The zero-order valence-corrected chi connectivity index (χ0v) is 14.3. The van der Waals surface area contributed by atoms with E-state index >= 15 is 0 Å². The molecule has 2 rings (SSSR count). The van der Waals surface area contributed by atoms with E-state index < -0.39 is 0 Å². The number of H-pyrrole nitrogens is 1. The number of methoxy groups -OCH3 is 1. The molecule has 1 aliphatic heterocycles. The van der Waals surface area contributed by atoms with Crippen LogP contribution in [0.1, 0.15) is 25.6 Å². The van der Waals surface area contributed by atoms with Crippen LogP contribution in [0.25, 0.3) is 0 Å². The molecule has 9 heteroatoms. The number of amides is 2. The Morgan fingerprint density at radius 3 is 3.00 bits per heavy atom. The van der Waals surface area contributed by atoms with E-state index in [9.17, 15) is 9.59 Å². The van der Waals surface area contributed by atoms with Crippen LogP contribution in [0.15, 0.2) is 0 Å². The van der Waals surface area contributed by atoms with Crippen molar-refractivity contribution in [3.63, 3.8) is 0 Å². The Kier molecular flexibility index (Phi) is 6.14. The van der Waals surface area contributed by atoms with Crippen LogP contribution in [0, 0.1) is 10.7 Å². The van der Waals surface area contributed by atoms with E-state index in [0.717, 1.165) is 25.2 Å². The Hall–Kier alpha value is -1.90. The third-order valence-electron chi connectivity index (χ3n) is 4.02. The molecule has 0 aliphatic carbocycles. The maximum Gasteiger partial charge on any atom is 0.317 e. The molecule has 0 aromatic carbocycles. The van der Waals surface area contributed by atoms with Crippen molar-refractivity contribution in [2.75, 3.05) is 26.7 Å². The Labute approximate surface area is 140 Å². The second-order valence-electron chi connectivity index (χ2n) is 5.48. The first-order valence-corrected chi connectivity index (χ1v) is 8.22. The predicted molar refractivity (Wildman–Crippen MR) is 86.5 cm³/mol.